The van der Waals surface area contributed by atoms with Gasteiger partial charge in [0.1, 0.15) is 0 Å². The highest BCUT2D eigenvalue weighted by molar-refractivity contribution is 6.36. The molecule has 2 rings (SSSR count). The SMILES string of the molecule is CC(C(=O)Nc1ccc(Cl)cc1Cl)N1CCCC(CO)C1. The number of rotatable bonds is 4. The van der Waals surface area contributed by atoms with Crippen LogP contribution in [-0.2, 0) is 4.79 Å². The molecule has 1 heterocycles. The van der Waals surface area contributed by atoms with Crippen LogP contribution < -0.4 is 5.32 Å². The Hall–Kier alpha value is -0.810. The second kappa shape index (κ2) is 7.45. The molecule has 1 fully saturated rings. The van der Waals surface area contributed by atoms with Gasteiger partial charge < -0.3 is 10.4 Å². The van der Waals surface area contributed by atoms with Crippen LogP contribution in [0.2, 0.25) is 10.0 Å². The average molecular weight is 331 g/mol. The van der Waals surface area contributed by atoms with Crippen LogP contribution in [0.25, 0.3) is 0 Å². The van der Waals surface area contributed by atoms with E-state index >= 15 is 0 Å². The molecule has 2 atom stereocenters. The molecule has 0 saturated carbocycles. The number of hydrogen-bond donors (Lipinski definition) is 2. The first-order valence-corrected chi connectivity index (χ1v) is 7.87. The number of nitrogens with zero attached hydrogens (tertiary/aromatic N) is 1. The number of hydrogen-bond acceptors (Lipinski definition) is 3. The Morgan fingerprint density at radius 1 is 1.52 bits per heavy atom. The van der Waals surface area contributed by atoms with Crippen LogP contribution >= 0.6 is 23.2 Å². The van der Waals surface area contributed by atoms with Crippen molar-refractivity contribution < 1.29 is 9.90 Å². The minimum atomic E-state index is -0.258. The molecule has 0 spiro atoms. The van der Waals surface area contributed by atoms with Crippen molar-refractivity contribution in [2.75, 3.05) is 25.0 Å². The number of piperidine rings is 1. The normalized spacial score (nSPS) is 21.0. The van der Waals surface area contributed by atoms with E-state index in [1.54, 1.807) is 18.2 Å². The van der Waals surface area contributed by atoms with Gasteiger partial charge in [0.15, 0.2) is 0 Å². The summed E-state index contributed by atoms with van der Waals surface area (Å²) >= 11 is 11.9. The molecule has 1 amide bonds. The molecule has 0 aliphatic carbocycles. The molecule has 1 saturated heterocycles. The molecule has 1 aromatic carbocycles. The van der Waals surface area contributed by atoms with Crippen LogP contribution in [0.5, 0.6) is 0 Å². The first kappa shape index (κ1) is 16.6. The number of halogens is 2. The quantitative estimate of drug-likeness (QED) is 0.892. The van der Waals surface area contributed by atoms with Crippen molar-refractivity contribution in [2.45, 2.75) is 25.8 Å². The molecule has 6 heteroatoms. The minimum absolute atomic E-state index is 0.0992. The highest BCUT2D eigenvalue weighted by atomic mass is 35.5. The smallest absolute Gasteiger partial charge is 0.241 e. The highest BCUT2D eigenvalue weighted by Gasteiger charge is 2.27. The van der Waals surface area contributed by atoms with E-state index in [-0.39, 0.29) is 24.5 Å². The summed E-state index contributed by atoms with van der Waals surface area (Å²) in [6.45, 7) is 3.67. The van der Waals surface area contributed by atoms with Gasteiger partial charge >= 0.3 is 0 Å². The fourth-order valence-corrected chi connectivity index (χ4v) is 3.05. The van der Waals surface area contributed by atoms with E-state index in [0.717, 1.165) is 25.9 Å². The predicted octanol–water partition coefficient (Wildman–Crippen LogP) is 3.02. The van der Waals surface area contributed by atoms with Gasteiger partial charge in [-0.15, -0.1) is 0 Å². The number of anilines is 1. The highest BCUT2D eigenvalue weighted by Crippen LogP contribution is 2.26. The lowest BCUT2D eigenvalue weighted by Gasteiger charge is -2.35. The monoisotopic (exact) mass is 330 g/mol. The topological polar surface area (TPSA) is 52.6 Å². The van der Waals surface area contributed by atoms with Gasteiger partial charge in [-0.25, -0.2) is 0 Å². The van der Waals surface area contributed by atoms with Gasteiger partial charge in [0.05, 0.1) is 16.8 Å². The van der Waals surface area contributed by atoms with Gasteiger partial charge in [0, 0.05) is 18.2 Å². The maximum atomic E-state index is 12.3. The van der Waals surface area contributed by atoms with Gasteiger partial charge in [-0.3, -0.25) is 9.69 Å². The van der Waals surface area contributed by atoms with Crippen molar-refractivity contribution in [1.82, 2.24) is 4.90 Å². The third-order valence-corrected chi connectivity index (χ3v) is 4.47. The molecule has 1 aliphatic rings. The molecular weight excluding hydrogens is 311 g/mol. The van der Waals surface area contributed by atoms with Crippen molar-refractivity contribution in [3.05, 3.63) is 28.2 Å². The summed E-state index contributed by atoms with van der Waals surface area (Å²) in [6, 6.07) is 4.73. The van der Waals surface area contributed by atoms with Gasteiger partial charge in [-0.1, -0.05) is 23.2 Å². The number of aliphatic hydroxyl groups excluding tert-OH is 1. The van der Waals surface area contributed by atoms with Crippen LogP contribution in [0.15, 0.2) is 18.2 Å². The predicted molar refractivity (Wildman–Crippen MR) is 85.9 cm³/mol. The second-order valence-electron chi connectivity index (χ2n) is 5.48. The maximum Gasteiger partial charge on any atom is 0.241 e. The molecule has 116 valence electrons. The van der Waals surface area contributed by atoms with Gasteiger partial charge in [0.25, 0.3) is 0 Å². The van der Waals surface area contributed by atoms with Crippen LogP contribution in [0, 0.1) is 5.92 Å². The fourth-order valence-electron chi connectivity index (χ4n) is 2.59. The summed E-state index contributed by atoms with van der Waals surface area (Å²) in [5, 5.41) is 13.1. The Morgan fingerprint density at radius 2 is 2.29 bits per heavy atom. The zero-order chi connectivity index (χ0) is 15.4. The number of carbonyl (C=O) groups is 1. The molecule has 21 heavy (non-hydrogen) atoms. The molecule has 2 N–H and O–H groups in total. The van der Waals surface area contributed by atoms with Crippen molar-refractivity contribution in [3.8, 4) is 0 Å². The summed E-state index contributed by atoms with van der Waals surface area (Å²) in [7, 11) is 0. The molecule has 1 aliphatic heterocycles. The molecule has 2 unspecified atom stereocenters. The van der Waals surface area contributed by atoms with E-state index in [0.29, 0.717) is 15.7 Å². The Labute approximate surface area is 135 Å². The van der Waals surface area contributed by atoms with E-state index in [9.17, 15) is 9.90 Å². The van der Waals surface area contributed by atoms with E-state index < -0.39 is 0 Å². The van der Waals surface area contributed by atoms with Crippen molar-refractivity contribution in [3.63, 3.8) is 0 Å². The Bertz CT molecular complexity index is 510. The number of carbonyl (C=O) groups excluding carboxylic acids is 1. The van der Waals surface area contributed by atoms with Crippen molar-refractivity contribution in [1.29, 1.82) is 0 Å². The van der Waals surface area contributed by atoms with Crippen LogP contribution in [-0.4, -0.2) is 41.7 Å². The Kier molecular flexibility index (Phi) is 5.88. The average Bonchev–Trinajstić information content (AvgIpc) is 2.49. The molecule has 0 aromatic heterocycles. The summed E-state index contributed by atoms with van der Waals surface area (Å²) in [5.41, 5.74) is 0.564. The van der Waals surface area contributed by atoms with Crippen molar-refractivity contribution >= 4 is 34.8 Å². The van der Waals surface area contributed by atoms with Crippen molar-refractivity contribution in [2.24, 2.45) is 5.92 Å². The van der Waals surface area contributed by atoms with Crippen LogP contribution in [0.3, 0.4) is 0 Å². The van der Waals surface area contributed by atoms with Gasteiger partial charge in [-0.2, -0.15) is 0 Å². The van der Waals surface area contributed by atoms with E-state index in [2.05, 4.69) is 10.2 Å². The first-order chi connectivity index (χ1) is 10.0. The number of aliphatic hydroxyl groups is 1. The summed E-state index contributed by atoms with van der Waals surface area (Å²) in [5.74, 6) is 0.158. The number of nitrogens with one attached hydrogen (secondary N) is 1. The van der Waals surface area contributed by atoms with Gasteiger partial charge in [-0.05, 0) is 50.4 Å². The first-order valence-electron chi connectivity index (χ1n) is 7.12. The Morgan fingerprint density at radius 3 is 2.95 bits per heavy atom. The Balaban J connectivity index is 1.99. The number of likely N-dealkylation sites (tertiary alicyclic amines) is 1. The molecular formula is C15H20Cl2N2O2. The van der Waals surface area contributed by atoms with Crippen LogP contribution in [0.4, 0.5) is 5.69 Å². The summed E-state index contributed by atoms with van der Waals surface area (Å²) in [6.07, 6.45) is 2.02. The lowest BCUT2D eigenvalue weighted by molar-refractivity contribution is -0.121. The van der Waals surface area contributed by atoms with E-state index in [1.165, 1.54) is 0 Å². The molecule has 1 aromatic rings. The fraction of sp³-hybridized carbons (Fsp3) is 0.533. The minimum Gasteiger partial charge on any atom is -0.396 e. The standard InChI is InChI=1S/C15H20Cl2N2O2/c1-10(19-6-2-3-11(8-19)9-20)15(21)18-14-5-4-12(16)7-13(14)17/h4-5,7,10-11,20H,2-3,6,8-9H2,1H3,(H,18,21). The molecule has 0 radical (unpaired) electrons. The number of amides is 1. The summed E-state index contributed by atoms with van der Waals surface area (Å²) < 4.78 is 0. The third-order valence-electron chi connectivity index (χ3n) is 3.92. The summed E-state index contributed by atoms with van der Waals surface area (Å²) in [4.78, 5) is 14.4. The molecule has 0 bridgehead atoms. The van der Waals surface area contributed by atoms with E-state index in [1.807, 2.05) is 6.92 Å². The number of benzene rings is 1. The lowest BCUT2D eigenvalue weighted by atomic mass is 9.97. The van der Waals surface area contributed by atoms with Crippen LogP contribution in [0.1, 0.15) is 19.8 Å². The largest absolute Gasteiger partial charge is 0.396 e. The van der Waals surface area contributed by atoms with E-state index in [4.69, 9.17) is 23.2 Å². The second-order valence-corrected chi connectivity index (χ2v) is 6.32. The third kappa shape index (κ3) is 4.33. The van der Waals surface area contributed by atoms with Gasteiger partial charge in [0.2, 0.25) is 5.91 Å². The maximum absolute atomic E-state index is 12.3. The molecule has 4 nitrogen and oxygen atoms in total. The zero-order valence-electron chi connectivity index (χ0n) is 12.0. The lowest BCUT2D eigenvalue weighted by Crippen LogP contribution is -2.47. The zero-order valence-corrected chi connectivity index (χ0v) is 13.5.